The highest BCUT2D eigenvalue weighted by Crippen LogP contribution is 2.23. The van der Waals surface area contributed by atoms with E-state index in [9.17, 15) is 16.8 Å². The first-order chi connectivity index (χ1) is 11.8. The zero-order valence-corrected chi connectivity index (χ0v) is 15.4. The number of nitrogens with one attached hydrogen (secondary N) is 1. The minimum absolute atomic E-state index is 0.00267. The van der Waals surface area contributed by atoms with Crippen molar-refractivity contribution in [1.29, 1.82) is 0 Å². The van der Waals surface area contributed by atoms with Gasteiger partial charge in [-0.25, -0.2) is 16.8 Å². The van der Waals surface area contributed by atoms with Crippen molar-refractivity contribution in [3.63, 3.8) is 0 Å². The van der Waals surface area contributed by atoms with E-state index >= 15 is 0 Å². The summed E-state index contributed by atoms with van der Waals surface area (Å²) in [6.45, 7) is 3.53. The quantitative estimate of drug-likeness (QED) is 0.813. The average Bonchev–Trinajstić information content (AvgIpc) is 3.26. The Morgan fingerprint density at radius 3 is 2.20 bits per heavy atom. The molecule has 0 unspecified atom stereocenters. The molecule has 1 saturated heterocycles. The first kappa shape index (κ1) is 17.9. The summed E-state index contributed by atoms with van der Waals surface area (Å²) in [5.41, 5.74) is 0.357. The molecular formula is C15H20N4O4S2. The molecule has 0 bridgehead atoms. The molecule has 0 saturated carbocycles. The zero-order chi connectivity index (χ0) is 18.1. The second kappa shape index (κ2) is 6.77. The summed E-state index contributed by atoms with van der Waals surface area (Å²) >= 11 is 0. The van der Waals surface area contributed by atoms with Crippen LogP contribution in [0.4, 0.5) is 5.69 Å². The summed E-state index contributed by atoms with van der Waals surface area (Å²) < 4.78 is 55.2. The SMILES string of the molecule is CCn1cc(NS(=O)(=O)c2ccc(S(=O)(=O)N3CCCC3)cc2)cn1. The Kier molecular flexibility index (Phi) is 4.85. The number of hydrogen-bond acceptors (Lipinski definition) is 5. The Labute approximate surface area is 147 Å². The Morgan fingerprint density at radius 2 is 1.64 bits per heavy atom. The predicted octanol–water partition coefficient (Wildman–Crippen LogP) is 1.49. The van der Waals surface area contributed by atoms with Crippen LogP contribution in [0, 0.1) is 0 Å². The van der Waals surface area contributed by atoms with Gasteiger partial charge in [-0.15, -0.1) is 0 Å². The third kappa shape index (κ3) is 3.70. The van der Waals surface area contributed by atoms with Crippen molar-refractivity contribution in [2.24, 2.45) is 0 Å². The van der Waals surface area contributed by atoms with Crippen LogP contribution < -0.4 is 4.72 Å². The fourth-order valence-electron chi connectivity index (χ4n) is 2.67. The van der Waals surface area contributed by atoms with E-state index in [0.717, 1.165) is 12.8 Å². The number of rotatable bonds is 6. The van der Waals surface area contributed by atoms with Crippen molar-refractivity contribution >= 4 is 25.7 Å². The topological polar surface area (TPSA) is 101 Å². The van der Waals surface area contributed by atoms with Crippen molar-refractivity contribution < 1.29 is 16.8 Å². The Bertz CT molecular complexity index is 944. The van der Waals surface area contributed by atoms with Gasteiger partial charge >= 0.3 is 0 Å². The lowest BCUT2D eigenvalue weighted by Crippen LogP contribution is -2.27. The second-order valence-corrected chi connectivity index (χ2v) is 9.39. The number of benzene rings is 1. The van der Waals surface area contributed by atoms with E-state index in [4.69, 9.17) is 0 Å². The molecule has 2 aromatic rings. The van der Waals surface area contributed by atoms with E-state index in [-0.39, 0.29) is 9.79 Å². The lowest BCUT2D eigenvalue weighted by molar-refractivity contribution is 0.477. The second-order valence-electron chi connectivity index (χ2n) is 5.77. The highest BCUT2D eigenvalue weighted by molar-refractivity contribution is 7.92. The molecule has 10 heteroatoms. The van der Waals surface area contributed by atoms with Gasteiger partial charge in [0, 0.05) is 25.8 Å². The van der Waals surface area contributed by atoms with E-state index in [2.05, 4.69) is 9.82 Å². The number of nitrogens with zero attached hydrogens (tertiary/aromatic N) is 3. The molecule has 8 nitrogen and oxygen atoms in total. The van der Waals surface area contributed by atoms with E-state index in [1.165, 1.54) is 34.8 Å². The van der Waals surface area contributed by atoms with Gasteiger partial charge in [0.1, 0.15) is 0 Å². The van der Waals surface area contributed by atoms with Gasteiger partial charge in [-0.2, -0.15) is 9.40 Å². The first-order valence-corrected chi connectivity index (χ1v) is 10.9. The maximum absolute atomic E-state index is 12.5. The molecule has 136 valence electrons. The van der Waals surface area contributed by atoms with Crippen molar-refractivity contribution in [3.8, 4) is 0 Å². The van der Waals surface area contributed by atoms with Crippen molar-refractivity contribution in [3.05, 3.63) is 36.7 Å². The van der Waals surface area contributed by atoms with Crippen LogP contribution in [0.15, 0.2) is 46.5 Å². The monoisotopic (exact) mass is 384 g/mol. The van der Waals surface area contributed by atoms with Crippen LogP contribution in [0.1, 0.15) is 19.8 Å². The first-order valence-electron chi connectivity index (χ1n) is 7.98. The summed E-state index contributed by atoms with van der Waals surface area (Å²) in [6.07, 6.45) is 4.71. The number of hydrogen-bond donors (Lipinski definition) is 1. The number of anilines is 1. The highest BCUT2D eigenvalue weighted by Gasteiger charge is 2.27. The van der Waals surface area contributed by atoms with Gasteiger partial charge in [0.2, 0.25) is 10.0 Å². The lowest BCUT2D eigenvalue weighted by atomic mass is 10.4. The molecule has 0 amide bonds. The van der Waals surface area contributed by atoms with Gasteiger partial charge < -0.3 is 0 Å². The smallest absolute Gasteiger partial charge is 0.261 e. The number of aryl methyl sites for hydroxylation is 1. The summed E-state index contributed by atoms with van der Waals surface area (Å²) in [5.74, 6) is 0. The van der Waals surface area contributed by atoms with Gasteiger partial charge in [0.05, 0.1) is 21.7 Å². The van der Waals surface area contributed by atoms with Crippen LogP contribution in [0.25, 0.3) is 0 Å². The zero-order valence-electron chi connectivity index (χ0n) is 13.8. The molecule has 1 fully saturated rings. The van der Waals surface area contributed by atoms with Crippen LogP contribution in [-0.4, -0.2) is 44.0 Å². The van der Waals surface area contributed by atoms with Crippen molar-refractivity contribution in [1.82, 2.24) is 14.1 Å². The van der Waals surface area contributed by atoms with Crippen LogP contribution in [0.2, 0.25) is 0 Å². The Morgan fingerprint density at radius 1 is 1.04 bits per heavy atom. The maximum Gasteiger partial charge on any atom is 0.261 e. The molecule has 1 aromatic carbocycles. The van der Waals surface area contributed by atoms with Crippen molar-refractivity contribution in [2.75, 3.05) is 17.8 Å². The Balaban J connectivity index is 1.81. The van der Waals surface area contributed by atoms with Gasteiger partial charge in [0.25, 0.3) is 10.0 Å². The lowest BCUT2D eigenvalue weighted by Gasteiger charge is -2.15. The average molecular weight is 384 g/mol. The summed E-state index contributed by atoms with van der Waals surface area (Å²) in [4.78, 5) is 0.101. The largest absolute Gasteiger partial charge is 0.276 e. The minimum atomic E-state index is -3.80. The fraction of sp³-hybridized carbons (Fsp3) is 0.400. The predicted molar refractivity (Wildman–Crippen MR) is 93.1 cm³/mol. The summed E-state index contributed by atoms with van der Waals surface area (Å²) in [6, 6.07) is 5.26. The molecule has 1 aliphatic rings. The highest BCUT2D eigenvalue weighted by atomic mass is 32.2. The molecule has 1 N–H and O–H groups in total. The van der Waals surface area contributed by atoms with E-state index < -0.39 is 20.0 Å². The molecule has 2 heterocycles. The van der Waals surface area contributed by atoms with E-state index in [1.54, 1.807) is 10.9 Å². The van der Waals surface area contributed by atoms with E-state index in [1.807, 2.05) is 6.92 Å². The standard InChI is InChI=1S/C15H20N4O4S2/c1-2-18-12-13(11-16-18)17-24(20,21)14-5-7-15(8-6-14)25(22,23)19-9-3-4-10-19/h5-8,11-12,17H,2-4,9-10H2,1H3. The third-order valence-electron chi connectivity index (χ3n) is 4.05. The van der Waals surface area contributed by atoms with Crippen molar-refractivity contribution in [2.45, 2.75) is 36.1 Å². The van der Waals surface area contributed by atoms with Gasteiger partial charge in [-0.05, 0) is 44.0 Å². The van der Waals surface area contributed by atoms with Crippen LogP contribution >= 0.6 is 0 Å². The van der Waals surface area contributed by atoms with Gasteiger partial charge in [0.15, 0.2) is 0 Å². The van der Waals surface area contributed by atoms with Gasteiger partial charge in [-0.3, -0.25) is 9.40 Å². The fourth-order valence-corrected chi connectivity index (χ4v) is 5.22. The molecule has 1 aromatic heterocycles. The van der Waals surface area contributed by atoms with E-state index in [0.29, 0.717) is 25.3 Å². The summed E-state index contributed by atoms with van der Waals surface area (Å²) in [7, 11) is -7.36. The van der Waals surface area contributed by atoms with Crippen LogP contribution in [-0.2, 0) is 26.6 Å². The molecule has 3 rings (SSSR count). The normalized spacial score (nSPS) is 16.2. The molecular weight excluding hydrogens is 364 g/mol. The molecule has 1 aliphatic heterocycles. The van der Waals surface area contributed by atoms with Gasteiger partial charge in [-0.1, -0.05) is 0 Å². The Hall–Kier alpha value is -1.91. The molecule has 0 spiro atoms. The molecule has 0 aliphatic carbocycles. The van der Waals surface area contributed by atoms with Crippen LogP contribution in [0.3, 0.4) is 0 Å². The molecule has 0 atom stereocenters. The number of aromatic nitrogens is 2. The minimum Gasteiger partial charge on any atom is -0.276 e. The number of sulfonamides is 2. The molecule has 25 heavy (non-hydrogen) atoms. The molecule has 0 radical (unpaired) electrons. The van der Waals surface area contributed by atoms with Crippen LogP contribution in [0.5, 0.6) is 0 Å². The third-order valence-corrected chi connectivity index (χ3v) is 7.36. The summed E-state index contributed by atoms with van der Waals surface area (Å²) in [5, 5.41) is 4.01. The maximum atomic E-state index is 12.5.